The quantitative estimate of drug-likeness (QED) is 0.688. The second-order valence-electron chi connectivity index (χ2n) is 8.12. The van der Waals surface area contributed by atoms with E-state index in [0.29, 0.717) is 5.92 Å². The molecule has 1 amide bonds. The molecule has 4 nitrogen and oxygen atoms in total. The Morgan fingerprint density at radius 3 is 2.24 bits per heavy atom. The molecule has 154 valence electrons. The standard InChI is InChI=1S/C24H29ClN2O2/c25-22-9-5-19(6-10-22)17-26-13-15-27(16-14-26)24(28)18-29-23-11-7-21(8-12-23)20-3-1-2-4-20/h5-12,20H,1-4,13-18H2. The Morgan fingerprint density at radius 1 is 0.931 bits per heavy atom. The first kappa shape index (κ1) is 20.2. The fourth-order valence-corrected chi connectivity index (χ4v) is 4.46. The summed E-state index contributed by atoms with van der Waals surface area (Å²) in [5.74, 6) is 1.55. The van der Waals surface area contributed by atoms with Gasteiger partial charge in [-0.2, -0.15) is 0 Å². The first-order valence-corrected chi connectivity index (χ1v) is 11.0. The average Bonchev–Trinajstić information content (AvgIpc) is 3.29. The van der Waals surface area contributed by atoms with Gasteiger partial charge in [0.25, 0.3) is 5.91 Å². The van der Waals surface area contributed by atoms with E-state index in [1.54, 1.807) is 0 Å². The molecule has 0 atom stereocenters. The van der Waals surface area contributed by atoms with Crippen LogP contribution in [0.2, 0.25) is 5.02 Å². The molecule has 1 saturated heterocycles. The molecule has 2 aromatic rings. The van der Waals surface area contributed by atoms with E-state index in [4.69, 9.17) is 16.3 Å². The maximum Gasteiger partial charge on any atom is 0.260 e. The summed E-state index contributed by atoms with van der Waals surface area (Å²) in [6.07, 6.45) is 5.26. The summed E-state index contributed by atoms with van der Waals surface area (Å²) in [5.41, 5.74) is 2.65. The van der Waals surface area contributed by atoms with Crippen LogP contribution in [0.4, 0.5) is 0 Å². The van der Waals surface area contributed by atoms with Crippen LogP contribution in [0.3, 0.4) is 0 Å². The highest BCUT2D eigenvalue weighted by atomic mass is 35.5. The molecule has 4 rings (SSSR count). The Kier molecular flexibility index (Phi) is 6.73. The van der Waals surface area contributed by atoms with Gasteiger partial charge in [-0.1, -0.05) is 48.7 Å². The summed E-state index contributed by atoms with van der Waals surface area (Å²) in [4.78, 5) is 16.8. The minimum atomic E-state index is 0.0658. The maximum absolute atomic E-state index is 12.5. The number of ether oxygens (including phenoxy) is 1. The second kappa shape index (κ2) is 9.64. The molecular weight excluding hydrogens is 384 g/mol. The first-order valence-electron chi connectivity index (χ1n) is 10.6. The number of amides is 1. The molecule has 1 saturated carbocycles. The number of carbonyl (C=O) groups excluding carboxylic acids is 1. The van der Waals surface area contributed by atoms with E-state index in [1.165, 1.54) is 36.8 Å². The van der Waals surface area contributed by atoms with Crippen LogP contribution in [-0.4, -0.2) is 48.5 Å². The lowest BCUT2D eigenvalue weighted by Gasteiger charge is -2.34. The van der Waals surface area contributed by atoms with Crippen molar-refractivity contribution in [1.29, 1.82) is 0 Å². The monoisotopic (exact) mass is 412 g/mol. The fraction of sp³-hybridized carbons (Fsp3) is 0.458. The van der Waals surface area contributed by atoms with E-state index in [1.807, 2.05) is 29.2 Å². The van der Waals surface area contributed by atoms with E-state index < -0.39 is 0 Å². The Balaban J connectivity index is 1.20. The minimum Gasteiger partial charge on any atom is -0.484 e. The Labute approximate surface area is 178 Å². The van der Waals surface area contributed by atoms with Crippen molar-refractivity contribution in [3.8, 4) is 5.75 Å². The van der Waals surface area contributed by atoms with Crippen molar-refractivity contribution in [2.24, 2.45) is 0 Å². The normalized spacial score (nSPS) is 18.2. The van der Waals surface area contributed by atoms with E-state index in [2.05, 4.69) is 29.2 Å². The summed E-state index contributed by atoms with van der Waals surface area (Å²) >= 11 is 5.95. The van der Waals surface area contributed by atoms with Crippen molar-refractivity contribution in [2.45, 2.75) is 38.1 Å². The van der Waals surface area contributed by atoms with Gasteiger partial charge in [0, 0.05) is 37.7 Å². The highest BCUT2D eigenvalue weighted by molar-refractivity contribution is 6.30. The SMILES string of the molecule is O=C(COc1ccc(C2CCCC2)cc1)N1CCN(Cc2ccc(Cl)cc2)CC1. The molecule has 0 aromatic heterocycles. The predicted molar refractivity (Wildman–Crippen MR) is 116 cm³/mol. The van der Waals surface area contributed by atoms with Crippen LogP contribution in [0.1, 0.15) is 42.7 Å². The van der Waals surface area contributed by atoms with Gasteiger partial charge in [0.15, 0.2) is 6.61 Å². The van der Waals surface area contributed by atoms with Gasteiger partial charge in [0.05, 0.1) is 0 Å². The lowest BCUT2D eigenvalue weighted by atomic mass is 9.98. The number of piperazine rings is 1. The molecule has 0 radical (unpaired) electrons. The van der Waals surface area contributed by atoms with Crippen molar-refractivity contribution < 1.29 is 9.53 Å². The summed E-state index contributed by atoms with van der Waals surface area (Å²) in [6, 6.07) is 16.3. The molecule has 0 spiro atoms. The Hall–Kier alpha value is -2.04. The van der Waals surface area contributed by atoms with Crippen LogP contribution in [-0.2, 0) is 11.3 Å². The average molecular weight is 413 g/mol. The van der Waals surface area contributed by atoms with Crippen LogP contribution < -0.4 is 4.74 Å². The molecule has 0 N–H and O–H groups in total. The fourth-order valence-electron chi connectivity index (χ4n) is 4.34. The molecule has 2 aromatic carbocycles. The predicted octanol–water partition coefficient (Wildman–Crippen LogP) is 4.72. The summed E-state index contributed by atoms with van der Waals surface area (Å²) in [5, 5.41) is 0.761. The van der Waals surface area contributed by atoms with Crippen LogP contribution in [0.15, 0.2) is 48.5 Å². The van der Waals surface area contributed by atoms with Crippen molar-refractivity contribution in [3.05, 3.63) is 64.7 Å². The van der Waals surface area contributed by atoms with Gasteiger partial charge in [-0.05, 0) is 54.2 Å². The third kappa shape index (κ3) is 5.52. The second-order valence-corrected chi connectivity index (χ2v) is 8.56. The molecule has 1 aliphatic carbocycles. The molecule has 2 fully saturated rings. The zero-order valence-electron chi connectivity index (χ0n) is 16.9. The first-order chi connectivity index (χ1) is 14.2. The zero-order chi connectivity index (χ0) is 20.1. The largest absolute Gasteiger partial charge is 0.484 e. The summed E-state index contributed by atoms with van der Waals surface area (Å²) in [6.45, 7) is 4.25. The van der Waals surface area contributed by atoms with Gasteiger partial charge >= 0.3 is 0 Å². The molecule has 2 aliphatic rings. The molecular formula is C24H29ClN2O2. The Morgan fingerprint density at radius 2 is 1.59 bits per heavy atom. The number of hydrogen-bond acceptors (Lipinski definition) is 3. The van der Waals surface area contributed by atoms with Crippen LogP contribution in [0, 0.1) is 0 Å². The minimum absolute atomic E-state index is 0.0658. The number of halogens is 1. The van der Waals surface area contributed by atoms with Crippen molar-refractivity contribution >= 4 is 17.5 Å². The Bertz CT molecular complexity index is 793. The number of carbonyl (C=O) groups is 1. The highest BCUT2D eigenvalue weighted by Gasteiger charge is 2.21. The van der Waals surface area contributed by atoms with Crippen molar-refractivity contribution in [3.63, 3.8) is 0 Å². The highest BCUT2D eigenvalue weighted by Crippen LogP contribution is 2.34. The van der Waals surface area contributed by atoms with E-state index in [-0.39, 0.29) is 12.5 Å². The van der Waals surface area contributed by atoms with E-state index in [0.717, 1.165) is 43.5 Å². The van der Waals surface area contributed by atoms with Gasteiger partial charge < -0.3 is 9.64 Å². The smallest absolute Gasteiger partial charge is 0.260 e. The van der Waals surface area contributed by atoms with Crippen LogP contribution in [0.5, 0.6) is 5.75 Å². The molecule has 0 unspecified atom stereocenters. The summed E-state index contributed by atoms with van der Waals surface area (Å²) < 4.78 is 5.76. The van der Waals surface area contributed by atoms with Gasteiger partial charge in [-0.3, -0.25) is 9.69 Å². The summed E-state index contributed by atoms with van der Waals surface area (Å²) in [7, 11) is 0. The molecule has 29 heavy (non-hydrogen) atoms. The maximum atomic E-state index is 12.5. The topological polar surface area (TPSA) is 32.8 Å². The third-order valence-corrected chi connectivity index (χ3v) is 6.37. The lowest BCUT2D eigenvalue weighted by molar-refractivity contribution is -0.135. The molecule has 0 bridgehead atoms. The van der Waals surface area contributed by atoms with Gasteiger partial charge in [0.2, 0.25) is 0 Å². The van der Waals surface area contributed by atoms with Crippen molar-refractivity contribution in [2.75, 3.05) is 32.8 Å². The van der Waals surface area contributed by atoms with Gasteiger partial charge in [0.1, 0.15) is 5.75 Å². The van der Waals surface area contributed by atoms with Crippen LogP contribution in [0.25, 0.3) is 0 Å². The van der Waals surface area contributed by atoms with E-state index in [9.17, 15) is 4.79 Å². The zero-order valence-corrected chi connectivity index (χ0v) is 17.6. The molecule has 1 aliphatic heterocycles. The molecule has 5 heteroatoms. The number of rotatable bonds is 6. The van der Waals surface area contributed by atoms with E-state index >= 15 is 0 Å². The lowest BCUT2D eigenvalue weighted by Crippen LogP contribution is -2.49. The van der Waals surface area contributed by atoms with Gasteiger partial charge in [-0.15, -0.1) is 0 Å². The molecule has 1 heterocycles. The number of benzene rings is 2. The number of nitrogens with zero attached hydrogens (tertiary/aromatic N) is 2. The van der Waals surface area contributed by atoms with Crippen molar-refractivity contribution in [1.82, 2.24) is 9.80 Å². The third-order valence-electron chi connectivity index (χ3n) is 6.11. The van der Waals surface area contributed by atoms with Crippen LogP contribution >= 0.6 is 11.6 Å². The van der Waals surface area contributed by atoms with Gasteiger partial charge in [-0.25, -0.2) is 0 Å². The number of hydrogen-bond donors (Lipinski definition) is 0.